The van der Waals surface area contributed by atoms with E-state index in [1.807, 2.05) is 42.5 Å². The fraction of sp³-hybridized carbons (Fsp3) is 0.0909. The van der Waals surface area contributed by atoms with Gasteiger partial charge in [0.15, 0.2) is 0 Å². The number of allylic oxidation sites excluding steroid dienone is 2. The standard InChI is InChI=1S/C11H8N2/c12-8-11(9-13)7-6-10-4-2-1-3-5-10/h1-5,7H,6H2. The van der Waals surface area contributed by atoms with Gasteiger partial charge in [-0.2, -0.15) is 10.5 Å². The number of hydrogen-bond acceptors (Lipinski definition) is 2. The molecule has 0 saturated heterocycles. The minimum Gasteiger partial charge on any atom is -0.192 e. The molecule has 0 aliphatic rings. The lowest BCUT2D eigenvalue weighted by Gasteiger charge is -1.92. The van der Waals surface area contributed by atoms with Crippen molar-refractivity contribution in [1.82, 2.24) is 0 Å². The third kappa shape index (κ3) is 2.81. The molecule has 1 rings (SSSR count). The van der Waals surface area contributed by atoms with Gasteiger partial charge in [0, 0.05) is 0 Å². The molecule has 0 spiro atoms. The number of nitrogens with zero attached hydrogens (tertiary/aromatic N) is 2. The van der Waals surface area contributed by atoms with E-state index in [-0.39, 0.29) is 5.57 Å². The largest absolute Gasteiger partial charge is 0.192 e. The van der Waals surface area contributed by atoms with Crippen molar-refractivity contribution in [2.75, 3.05) is 0 Å². The summed E-state index contributed by atoms with van der Waals surface area (Å²) in [6.07, 6.45) is 2.27. The van der Waals surface area contributed by atoms with Gasteiger partial charge in [0.1, 0.15) is 17.7 Å². The highest BCUT2D eigenvalue weighted by atomic mass is 14.3. The lowest BCUT2D eigenvalue weighted by atomic mass is 10.1. The summed E-state index contributed by atoms with van der Waals surface area (Å²) >= 11 is 0. The predicted octanol–water partition coefficient (Wildman–Crippen LogP) is 2.20. The van der Waals surface area contributed by atoms with Gasteiger partial charge >= 0.3 is 0 Å². The maximum Gasteiger partial charge on any atom is 0.126 e. The first-order chi connectivity index (χ1) is 6.36. The molecule has 0 atom stereocenters. The Bertz CT molecular complexity index is 361. The maximum absolute atomic E-state index is 8.46. The molecule has 62 valence electrons. The molecule has 0 saturated carbocycles. The SMILES string of the molecule is N#CC(C#N)=CCc1ccccc1. The van der Waals surface area contributed by atoms with Gasteiger partial charge in [0.25, 0.3) is 0 Å². The van der Waals surface area contributed by atoms with E-state index in [1.54, 1.807) is 6.08 Å². The van der Waals surface area contributed by atoms with Gasteiger partial charge in [0.05, 0.1) is 0 Å². The molecular formula is C11H8N2. The first-order valence-electron chi connectivity index (χ1n) is 3.91. The third-order valence-corrected chi connectivity index (χ3v) is 1.63. The van der Waals surface area contributed by atoms with Gasteiger partial charge in [-0.1, -0.05) is 36.4 Å². The van der Waals surface area contributed by atoms with Crippen LogP contribution < -0.4 is 0 Å². The lowest BCUT2D eigenvalue weighted by Crippen LogP contribution is -1.81. The van der Waals surface area contributed by atoms with Crippen LogP contribution in [0.15, 0.2) is 42.0 Å². The van der Waals surface area contributed by atoms with Crippen molar-refractivity contribution >= 4 is 0 Å². The van der Waals surface area contributed by atoms with E-state index in [0.717, 1.165) is 5.56 Å². The molecule has 0 fully saturated rings. The van der Waals surface area contributed by atoms with Gasteiger partial charge in [-0.3, -0.25) is 0 Å². The van der Waals surface area contributed by atoms with Crippen LogP contribution in [0.4, 0.5) is 0 Å². The van der Waals surface area contributed by atoms with E-state index < -0.39 is 0 Å². The van der Waals surface area contributed by atoms with Crippen molar-refractivity contribution < 1.29 is 0 Å². The summed E-state index contributed by atoms with van der Waals surface area (Å²) in [5.74, 6) is 0. The molecule has 2 nitrogen and oxygen atoms in total. The zero-order valence-corrected chi connectivity index (χ0v) is 7.07. The summed E-state index contributed by atoms with van der Waals surface area (Å²) in [6.45, 7) is 0. The second kappa shape index (κ2) is 4.74. The molecule has 0 aliphatic carbocycles. The lowest BCUT2D eigenvalue weighted by molar-refractivity contribution is 1.25. The van der Waals surface area contributed by atoms with Crippen LogP contribution in [0.2, 0.25) is 0 Å². The Balaban J connectivity index is 2.69. The monoisotopic (exact) mass is 168 g/mol. The van der Waals surface area contributed by atoms with E-state index >= 15 is 0 Å². The van der Waals surface area contributed by atoms with Crippen LogP contribution in [0.25, 0.3) is 0 Å². The Kier molecular flexibility index (Phi) is 3.30. The summed E-state index contributed by atoms with van der Waals surface area (Å²) in [5.41, 5.74) is 1.27. The van der Waals surface area contributed by atoms with Gasteiger partial charge in [-0.15, -0.1) is 0 Å². The van der Waals surface area contributed by atoms with Crippen molar-refractivity contribution in [3.63, 3.8) is 0 Å². The van der Waals surface area contributed by atoms with Crippen molar-refractivity contribution in [2.24, 2.45) is 0 Å². The average molecular weight is 168 g/mol. The predicted molar refractivity (Wildman–Crippen MR) is 49.5 cm³/mol. The smallest absolute Gasteiger partial charge is 0.126 e. The van der Waals surface area contributed by atoms with Crippen molar-refractivity contribution in [3.8, 4) is 12.1 Å². The van der Waals surface area contributed by atoms with Crippen molar-refractivity contribution in [2.45, 2.75) is 6.42 Å². The summed E-state index contributed by atoms with van der Waals surface area (Å²) in [5, 5.41) is 16.9. The van der Waals surface area contributed by atoms with E-state index in [1.165, 1.54) is 0 Å². The van der Waals surface area contributed by atoms with E-state index in [0.29, 0.717) is 6.42 Å². The van der Waals surface area contributed by atoms with Crippen LogP contribution in [0.1, 0.15) is 5.56 Å². The third-order valence-electron chi connectivity index (χ3n) is 1.63. The minimum absolute atomic E-state index is 0.170. The fourth-order valence-corrected chi connectivity index (χ4v) is 0.950. The van der Waals surface area contributed by atoms with E-state index in [2.05, 4.69) is 0 Å². The molecule has 2 heteroatoms. The van der Waals surface area contributed by atoms with Crippen LogP contribution in [-0.2, 0) is 6.42 Å². The van der Waals surface area contributed by atoms with Gasteiger partial charge < -0.3 is 0 Å². The quantitative estimate of drug-likeness (QED) is 0.635. The van der Waals surface area contributed by atoms with Crippen LogP contribution in [0, 0.1) is 22.7 Å². The Morgan fingerprint density at radius 1 is 1.15 bits per heavy atom. The molecule has 0 amide bonds. The maximum atomic E-state index is 8.46. The van der Waals surface area contributed by atoms with Gasteiger partial charge in [0.2, 0.25) is 0 Å². The van der Waals surface area contributed by atoms with Crippen molar-refractivity contribution in [3.05, 3.63) is 47.5 Å². The second-order valence-corrected chi connectivity index (χ2v) is 2.53. The first-order valence-corrected chi connectivity index (χ1v) is 3.91. The minimum atomic E-state index is 0.170. The van der Waals surface area contributed by atoms with Crippen LogP contribution >= 0.6 is 0 Å². The van der Waals surface area contributed by atoms with E-state index in [9.17, 15) is 0 Å². The summed E-state index contributed by atoms with van der Waals surface area (Å²) in [4.78, 5) is 0. The normalized spacial score (nSPS) is 8.15. The molecule has 1 aromatic rings. The topological polar surface area (TPSA) is 47.6 Å². The average Bonchev–Trinajstić information content (AvgIpc) is 2.21. The Morgan fingerprint density at radius 3 is 2.31 bits per heavy atom. The Morgan fingerprint density at radius 2 is 1.77 bits per heavy atom. The molecular weight excluding hydrogens is 160 g/mol. The number of hydrogen-bond donors (Lipinski definition) is 0. The second-order valence-electron chi connectivity index (χ2n) is 2.53. The molecule has 0 radical (unpaired) electrons. The Labute approximate surface area is 77.4 Å². The van der Waals surface area contributed by atoms with Crippen LogP contribution in [-0.4, -0.2) is 0 Å². The molecule has 0 aromatic heterocycles. The first kappa shape index (κ1) is 9.03. The van der Waals surface area contributed by atoms with Gasteiger partial charge in [-0.25, -0.2) is 0 Å². The number of rotatable bonds is 2. The fourth-order valence-electron chi connectivity index (χ4n) is 0.950. The Hall–Kier alpha value is -2.06. The van der Waals surface area contributed by atoms with Crippen LogP contribution in [0.5, 0.6) is 0 Å². The van der Waals surface area contributed by atoms with Gasteiger partial charge in [-0.05, 0) is 12.0 Å². The zero-order chi connectivity index (χ0) is 9.52. The molecule has 0 heterocycles. The molecule has 0 aliphatic heterocycles. The molecule has 1 aromatic carbocycles. The number of benzene rings is 1. The zero-order valence-electron chi connectivity index (χ0n) is 7.07. The molecule has 0 bridgehead atoms. The highest BCUT2D eigenvalue weighted by Crippen LogP contribution is 2.02. The molecule has 13 heavy (non-hydrogen) atoms. The number of nitriles is 2. The summed E-state index contributed by atoms with van der Waals surface area (Å²) in [6, 6.07) is 13.4. The molecule has 0 unspecified atom stereocenters. The highest BCUT2D eigenvalue weighted by molar-refractivity contribution is 5.36. The summed E-state index contributed by atoms with van der Waals surface area (Å²) < 4.78 is 0. The van der Waals surface area contributed by atoms with E-state index in [4.69, 9.17) is 10.5 Å². The molecule has 0 N–H and O–H groups in total. The highest BCUT2D eigenvalue weighted by Gasteiger charge is 1.91. The van der Waals surface area contributed by atoms with Crippen molar-refractivity contribution in [1.29, 1.82) is 10.5 Å². The summed E-state index contributed by atoms with van der Waals surface area (Å²) in [7, 11) is 0. The van der Waals surface area contributed by atoms with Crippen LogP contribution in [0.3, 0.4) is 0 Å².